The molecular formula is C97H67N3. The van der Waals surface area contributed by atoms with Crippen molar-refractivity contribution >= 4 is 38.1 Å². The Bertz CT molecular complexity index is 5590. The molecule has 0 N–H and O–H groups in total. The Balaban J connectivity index is 0.994. The minimum atomic E-state index is -0.661. The van der Waals surface area contributed by atoms with Crippen LogP contribution in [0.2, 0.25) is 0 Å². The van der Waals surface area contributed by atoms with Crippen molar-refractivity contribution in [2.45, 2.75) is 52.8 Å². The zero-order valence-corrected chi connectivity index (χ0v) is 55.2. The molecule has 0 bridgehead atoms. The van der Waals surface area contributed by atoms with Gasteiger partial charge in [-0.15, -0.1) is 0 Å². The van der Waals surface area contributed by atoms with E-state index in [2.05, 4.69) is 363 Å². The van der Waals surface area contributed by atoms with Gasteiger partial charge in [0.25, 0.3) is 0 Å². The maximum Gasteiger partial charge on any atom is 0.0729 e. The zero-order valence-electron chi connectivity index (χ0n) is 55.2. The number of fused-ring (bicyclic) bond motifs is 20. The third kappa shape index (κ3) is 7.33. The summed E-state index contributed by atoms with van der Waals surface area (Å²) in [4.78, 5) is 12.4. The van der Waals surface area contributed by atoms with Crippen molar-refractivity contribution < 1.29 is 0 Å². The average molecular weight is 1270 g/mol. The monoisotopic (exact) mass is 1270 g/mol. The van der Waals surface area contributed by atoms with Crippen molar-refractivity contribution in [1.82, 2.24) is 14.4 Å². The van der Waals surface area contributed by atoms with Crippen LogP contribution in [0.4, 0.5) is 0 Å². The Hall–Kier alpha value is -12.0. The highest BCUT2D eigenvalue weighted by Gasteiger charge is 2.57. The van der Waals surface area contributed by atoms with Gasteiger partial charge in [0.1, 0.15) is 0 Å². The minimum absolute atomic E-state index is 0.541. The lowest BCUT2D eigenvalue weighted by molar-refractivity contribution is 0.400. The molecule has 100 heavy (non-hydrogen) atoms. The Morgan fingerprint density at radius 3 is 0.900 bits per heavy atom. The molecule has 4 aliphatic carbocycles. The van der Waals surface area contributed by atoms with Crippen LogP contribution in [-0.2, 0) is 27.1 Å². The van der Waals surface area contributed by atoms with Crippen molar-refractivity contribution in [3.63, 3.8) is 0 Å². The summed E-state index contributed by atoms with van der Waals surface area (Å²) in [6.07, 6.45) is 7.81. The number of hydrogen-bond donors (Lipinski definition) is 0. The van der Waals surface area contributed by atoms with E-state index < -0.39 is 27.1 Å². The third-order valence-electron chi connectivity index (χ3n) is 24.3. The topological polar surface area (TPSA) is 30.2 Å². The minimum Gasteiger partial charge on any atom is -0.305 e. The summed E-state index contributed by atoms with van der Waals surface area (Å²) in [5, 5.41) is 4.84. The maximum atomic E-state index is 6.20. The lowest BCUT2D eigenvalue weighted by Crippen LogP contribution is -2.44. The molecule has 1 spiro atoms. The van der Waals surface area contributed by atoms with Crippen LogP contribution < -0.4 is 0 Å². The summed E-state index contributed by atoms with van der Waals surface area (Å²) in [5.74, 6) is 0. The highest BCUT2D eigenvalue weighted by molar-refractivity contribution is 6.27. The van der Waals surface area contributed by atoms with Crippen LogP contribution in [0, 0.1) is 0 Å². The number of nitrogens with zero attached hydrogens (tertiary/aromatic N) is 3. The molecule has 13 aromatic carbocycles. The zero-order chi connectivity index (χ0) is 65.8. The second-order valence-corrected chi connectivity index (χ2v) is 28.4. The normalized spacial score (nSPS) is 16.0. The van der Waals surface area contributed by atoms with Gasteiger partial charge >= 0.3 is 0 Å². The summed E-state index contributed by atoms with van der Waals surface area (Å²) >= 11 is 0. The molecule has 0 unspecified atom stereocenters. The van der Waals surface area contributed by atoms with Gasteiger partial charge in [-0.25, -0.2) is 0 Å². The summed E-state index contributed by atoms with van der Waals surface area (Å²) < 4.78 is 2.62. The molecule has 3 heteroatoms. The van der Waals surface area contributed by atoms with Gasteiger partial charge in [0, 0.05) is 32.4 Å². The van der Waals surface area contributed by atoms with Gasteiger partial charge in [-0.2, -0.15) is 0 Å². The molecule has 3 nitrogen and oxygen atoms in total. The number of hydrogen-bond acceptors (Lipinski definition) is 2. The third-order valence-corrected chi connectivity index (χ3v) is 24.3. The van der Waals surface area contributed by atoms with E-state index in [1.807, 2.05) is 0 Å². The highest BCUT2D eigenvalue weighted by atomic mass is 15.0. The van der Waals surface area contributed by atoms with Crippen LogP contribution in [0.5, 0.6) is 0 Å². The quantitative estimate of drug-likeness (QED) is 0.144. The molecule has 4 heterocycles. The fourth-order valence-electron chi connectivity index (χ4n) is 20.5. The fourth-order valence-corrected chi connectivity index (χ4v) is 20.5. The lowest BCUT2D eigenvalue weighted by atomic mass is 9.53. The molecule has 0 amide bonds. The molecule has 470 valence electrons. The predicted molar refractivity (Wildman–Crippen MR) is 408 cm³/mol. The van der Waals surface area contributed by atoms with Crippen molar-refractivity contribution in [2.24, 2.45) is 0 Å². The van der Waals surface area contributed by atoms with Crippen LogP contribution >= 0.6 is 0 Å². The number of benzene rings is 13. The summed E-state index contributed by atoms with van der Waals surface area (Å²) in [6, 6.07) is 131. The molecule has 0 saturated heterocycles. The molecule has 4 aliphatic rings. The smallest absolute Gasteiger partial charge is 0.0729 e. The highest BCUT2D eigenvalue weighted by Crippen LogP contribution is 2.67. The van der Waals surface area contributed by atoms with Crippen molar-refractivity contribution in [1.29, 1.82) is 0 Å². The number of rotatable bonds is 9. The maximum absolute atomic E-state index is 6.20. The largest absolute Gasteiger partial charge is 0.305 e. The van der Waals surface area contributed by atoms with E-state index in [0.29, 0.717) is 0 Å². The van der Waals surface area contributed by atoms with E-state index in [9.17, 15) is 0 Å². The Morgan fingerprint density at radius 1 is 0.260 bits per heavy atom. The molecule has 0 atom stereocenters. The van der Waals surface area contributed by atoms with Gasteiger partial charge in [-0.3, -0.25) is 9.97 Å². The molecular weight excluding hydrogens is 1210 g/mol. The van der Waals surface area contributed by atoms with E-state index in [4.69, 9.17) is 9.97 Å². The van der Waals surface area contributed by atoms with Crippen LogP contribution in [0.1, 0.15) is 115 Å². The Morgan fingerprint density at radius 2 is 0.540 bits per heavy atom. The standard InChI is InChI=1S/C97H67N3/c1-9-32-65(33-10-1)93(66-34-11-2-12-35-66)56-58-95(69-40-17-5-18-41-69,70-42-19-6-20-43-70)91-88(93)86-77-60-64(73-51-31-55-82-85(73)76-50-27-30-54-81(76)97(82)79-52-28-25-48-74(79)75-49-26-29-53-80(75)97)61-78-87-84(100(90(77)78)83(86)62-98-91)63-99-92-89(87)94(67-36-13-3-14-37-67,68-38-15-4-16-39-68)57-59-96(92,71-44-21-7-22-45-71)72-46-23-8-24-47-72/h1-55,60-63H,56-59H2. The second-order valence-electron chi connectivity index (χ2n) is 28.4. The van der Waals surface area contributed by atoms with Gasteiger partial charge in [-0.05, 0) is 149 Å². The molecule has 21 rings (SSSR count). The molecule has 0 fully saturated rings. The van der Waals surface area contributed by atoms with Gasteiger partial charge in [-0.1, -0.05) is 334 Å². The van der Waals surface area contributed by atoms with Crippen molar-refractivity contribution in [3.05, 3.63) is 447 Å². The Labute approximate surface area is 582 Å². The van der Waals surface area contributed by atoms with Crippen molar-refractivity contribution in [2.75, 3.05) is 0 Å². The number of pyridine rings is 2. The van der Waals surface area contributed by atoms with Gasteiger partial charge in [0.2, 0.25) is 0 Å². The van der Waals surface area contributed by atoms with Gasteiger partial charge in [0.05, 0.1) is 56.6 Å². The summed E-state index contributed by atoms with van der Waals surface area (Å²) in [7, 11) is 0. The summed E-state index contributed by atoms with van der Waals surface area (Å²) in [6.45, 7) is 0. The Kier molecular flexibility index (Phi) is 12.3. The van der Waals surface area contributed by atoms with Gasteiger partial charge in [0.15, 0.2) is 0 Å². The molecule has 0 saturated carbocycles. The molecule has 17 aromatic rings. The van der Waals surface area contributed by atoms with E-state index in [-0.39, 0.29) is 0 Å². The van der Waals surface area contributed by atoms with Crippen molar-refractivity contribution in [3.8, 4) is 33.4 Å². The number of aromatic nitrogens is 3. The molecule has 0 radical (unpaired) electrons. The second kappa shape index (κ2) is 21.5. The predicted octanol–water partition coefficient (Wildman–Crippen LogP) is 22.6. The van der Waals surface area contributed by atoms with Crippen LogP contribution in [0.25, 0.3) is 71.5 Å². The average Bonchev–Trinajstić information content (AvgIpc) is 1.43. The SMILES string of the molecule is c1ccc(C2(c3ccccc3)CCC(c3ccccc3)(c3ccccc3)c3c2ncc2c3c3cc(-c4cccc5c4-c4ccccc4C54c5ccccc5-c5ccccc54)cc4c5c6c(ncc5n2c34)C(c2ccccc2)(c2ccccc2)CCC6(c2ccccc2)c2ccccc2)cc1. The van der Waals surface area contributed by atoms with E-state index in [1.54, 1.807) is 0 Å². The fraction of sp³-hybridized carbons (Fsp3) is 0.0928. The van der Waals surface area contributed by atoms with E-state index in [1.165, 1.54) is 138 Å². The first-order valence-electron chi connectivity index (χ1n) is 35.5. The summed E-state index contributed by atoms with van der Waals surface area (Å²) in [5.41, 5.74) is 27.7. The van der Waals surface area contributed by atoms with E-state index in [0.717, 1.165) is 48.1 Å². The lowest BCUT2D eigenvalue weighted by Gasteiger charge is -2.49. The van der Waals surface area contributed by atoms with E-state index >= 15 is 0 Å². The molecule has 0 aliphatic heterocycles. The van der Waals surface area contributed by atoms with Crippen LogP contribution in [-0.4, -0.2) is 14.4 Å². The first-order chi connectivity index (χ1) is 49.6. The van der Waals surface area contributed by atoms with Crippen LogP contribution in [0.15, 0.2) is 358 Å². The molecule has 4 aromatic heterocycles. The van der Waals surface area contributed by atoms with Gasteiger partial charge < -0.3 is 4.40 Å². The first kappa shape index (κ1) is 57.1. The first-order valence-corrected chi connectivity index (χ1v) is 35.5. The van der Waals surface area contributed by atoms with Crippen LogP contribution in [0.3, 0.4) is 0 Å².